The van der Waals surface area contributed by atoms with Gasteiger partial charge in [0, 0.05) is 24.7 Å². The number of halogens is 2. The Morgan fingerprint density at radius 1 is 0.772 bits per heavy atom. The van der Waals surface area contributed by atoms with Gasteiger partial charge in [0.1, 0.15) is 30.1 Å². The maximum atomic E-state index is 16.8. The highest BCUT2D eigenvalue weighted by Crippen LogP contribution is 2.58. The zero-order valence-corrected chi connectivity index (χ0v) is 44.0. The first kappa shape index (κ1) is 53.6. The summed E-state index contributed by atoms with van der Waals surface area (Å²) < 4.78 is 118. The second-order valence-corrected chi connectivity index (χ2v) is 21.5. The molecule has 4 heterocycles. The van der Waals surface area contributed by atoms with Crippen LogP contribution in [-0.4, -0.2) is 71.8 Å². The number of fused-ring (bicyclic) bond motifs is 5. The Hall–Kier alpha value is -7.38. The molecule has 3 fully saturated rings. The van der Waals surface area contributed by atoms with Gasteiger partial charge in [-0.15, -0.1) is 0 Å². The minimum Gasteiger partial charge on any atom is -0.487 e. The number of carbonyl (C=O) groups is 2. The summed E-state index contributed by atoms with van der Waals surface area (Å²) in [6, 6.07) is 39.8. The van der Waals surface area contributed by atoms with Crippen molar-refractivity contribution < 1.29 is 74.4 Å². The third-order valence-corrected chi connectivity index (χ3v) is 15.9. The number of phosphoric ester groups is 1. The fourth-order valence-electron chi connectivity index (χ4n) is 10.0. The average molecular weight is 1120 g/mol. The van der Waals surface area contributed by atoms with E-state index in [1.807, 2.05) is 24.3 Å². The van der Waals surface area contributed by atoms with E-state index in [1.165, 1.54) is 18.3 Å². The number of carboxylic acids is 1. The third-order valence-electron chi connectivity index (χ3n) is 14.0. The predicted octanol–water partition coefficient (Wildman–Crippen LogP) is 11.0. The van der Waals surface area contributed by atoms with E-state index in [9.17, 15) is 24.1 Å². The molecule has 4 atom stereocenters. The van der Waals surface area contributed by atoms with E-state index < -0.39 is 81.5 Å². The molecule has 79 heavy (non-hydrogen) atoms. The Bertz CT molecular complexity index is 3400. The average Bonchev–Trinajstić information content (AvgIpc) is 4.26. The maximum Gasteiger partial charge on any atom is 0.499 e. The maximum absolute atomic E-state index is 16.8. The molecule has 0 bridgehead atoms. The van der Waals surface area contributed by atoms with Gasteiger partial charge in [0.15, 0.2) is 23.1 Å². The first-order chi connectivity index (χ1) is 38.3. The van der Waals surface area contributed by atoms with Crippen molar-refractivity contribution in [3.8, 4) is 11.5 Å². The summed E-state index contributed by atoms with van der Waals surface area (Å²) in [5, 5.41) is 9.76. The number of carbonyl (C=O) groups excluding carboxylic acids is 1. The number of anilines is 2. The zero-order valence-electron chi connectivity index (χ0n) is 42.2. The fraction of sp³-hybridized carbons (Fsp3) is 0.281. The standard InChI is InChI=1S/C57H51F2N3O15P2/c58-46-25-42(61-29-49(75-55(61)66)57(76-78-67,71-30-37-13-5-1-6-14-37)72-31-38-15-7-2-8-16-38)23-24-48(46)70-36-56(77-79(68,73-32-39-17-9-3-10-18-39)74-33-40-19-11-4-12-20-40)27-43-34-69-53-50-44(26-47(59)51(53)62(43)35-56)52(63)45(54(64)65)28-60(50)41-21-22-41/h1-20,23-26,28,41,43,49,78H,21-22,27,29-36H2/p+1/t43-,49?,56-/m0/s1. The summed E-state index contributed by atoms with van der Waals surface area (Å²) in [6.07, 6.45) is 0.338. The highest BCUT2D eigenvalue weighted by Gasteiger charge is 2.56. The van der Waals surface area contributed by atoms with Crippen LogP contribution >= 0.6 is 16.5 Å². The van der Waals surface area contributed by atoms with Crippen molar-refractivity contribution in [2.75, 3.05) is 36.1 Å². The number of nitrogens with zero attached hydrogens (tertiary/aromatic N) is 3. The first-order valence-electron chi connectivity index (χ1n) is 25.4. The van der Waals surface area contributed by atoms with Gasteiger partial charge in [-0.05, 0) is 57.9 Å². The Morgan fingerprint density at radius 3 is 1.90 bits per heavy atom. The van der Waals surface area contributed by atoms with Crippen LogP contribution in [0.1, 0.15) is 57.9 Å². The molecule has 7 aromatic rings. The molecule has 22 heteroatoms. The molecule has 1 amide bonds. The molecule has 4 aliphatic rings. The number of hydrogen-bond donors (Lipinski definition) is 1. The molecule has 6 aromatic carbocycles. The molecule has 1 aromatic heterocycles. The molecule has 1 saturated carbocycles. The molecular formula is C57H52F2N3O15P2+. The summed E-state index contributed by atoms with van der Waals surface area (Å²) in [5.41, 5.74) is -0.181. The Labute approximate surface area is 452 Å². The van der Waals surface area contributed by atoms with Crippen molar-refractivity contribution in [1.82, 2.24) is 4.57 Å². The van der Waals surface area contributed by atoms with Gasteiger partial charge in [-0.3, -0.25) is 23.3 Å². The minimum atomic E-state index is -4.66. The molecule has 0 radical (unpaired) electrons. The lowest BCUT2D eigenvalue weighted by Gasteiger charge is -2.35. The normalized spacial score (nSPS) is 19.0. The third kappa shape index (κ3) is 11.6. The van der Waals surface area contributed by atoms with Crippen LogP contribution in [0.5, 0.6) is 11.5 Å². The number of cyclic esters (lactones) is 1. The quantitative estimate of drug-likeness (QED) is 0.0468. The monoisotopic (exact) mass is 1120 g/mol. The summed E-state index contributed by atoms with van der Waals surface area (Å²) >= 11 is 0. The van der Waals surface area contributed by atoms with E-state index in [0.717, 1.165) is 17.0 Å². The van der Waals surface area contributed by atoms with Crippen molar-refractivity contribution >= 4 is 50.8 Å². The van der Waals surface area contributed by atoms with Gasteiger partial charge in [-0.25, -0.2) is 22.9 Å². The predicted molar refractivity (Wildman–Crippen MR) is 283 cm³/mol. The largest absolute Gasteiger partial charge is 0.499 e. The van der Waals surface area contributed by atoms with Crippen LogP contribution in [-0.2, 0) is 67.9 Å². The van der Waals surface area contributed by atoms with Crippen LogP contribution in [0.4, 0.5) is 25.0 Å². The Kier molecular flexibility index (Phi) is 15.5. The number of pyridine rings is 1. The SMILES string of the molecule is O=[PH+]OC(OCc1ccccc1)(OCc1ccccc1)C1CN(c2ccc(OC[C@]3(OP(=O)(OCc4ccccc4)OCc4ccccc4)C[C@H]4COc5c(c(F)cc6c(=O)c(C(=O)O)cn(C7CC7)c56)N4C3)c(F)c2)C(=O)O1. The van der Waals surface area contributed by atoms with Crippen LogP contribution in [0, 0.1) is 11.6 Å². The lowest BCUT2D eigenvalue weighted by molar-refractivity contribution is -0.380. The Balaban J connectivity index is 0.901. The van der Waals surface area contributed by atoms with E-state index >= 15 is 13.3 Å². The summed E-state index contributed by atoms with van der Waals surface area (Å²) in [5.74, 6) is -5.75. The number of aromatic carboxylic acids is 1. The molecule has 11 rings (SSSR count). The van der Waals surface area contributed by atoms with Gasteiger partial charge in [-0.2, -0.15) is 0 Å². The number of rotatable bonds is 23. The molecule has 3 aliphatic heterocycles. The number of ether oxygens (including phenoxy) is 5. The second kappa shape index (κ2) is 22.8. The fourth-order valence-corrected chi connectivity index (χ4v) is 11.8. The topological polar surface area (TPSA) is 200 Å². The summed E-state index contributed by atoms with van der Waals surface area (Å²) in [6.45, 7) is -1.76. The van der Waals surface area contributed by atoms with Crippen LogP contribution in [0.15, 0.2) is 157 Å². The van der Waals surface area contributed by atoms with Crippen molar-refractivity contribution in [3.63, 3.8) is 0 Å². The molecule has 408 valence electrons. The highest BCUT2D eigenvalue weighted by molar-refractivity contribution is 7.48. The van der Waals surface area contributed by atoms with Crippen molar-refractivity contribution in [2.45, 2.75) is 75.5 Å². The molecule has 18 nitrogen and oxygen atoms in total. The van der Waals surface area contributed by atoms with Gasteiger partial charge < -0.3 is 38.3 Å². The number of aromatic nitrogens is 1. The summed E-state index contributed by atoms with van der Waals surface area (Å²) in [4.78, 5) is 42.3. The summed E-state index contributed by atoms with van der Waals surface area (Å²) in [7, 11) is -6.07. The molecule has 2 saturated heterocycles. The van der Waals surface area contributed by atoms with Gasteiger partial charge in [0.2, 0.25) is 11.5 Å². The number of hydrogen-bond acceptors (Lipinski definition) is 15. The van der Waals surface area contributed by atoms with E-state index in [-0.39, 0.29) is 92.4 Å². The van der Waals surface area contributed by atoms with Crippen LogP contribution in [0.2, 0.25) is 0 Å². The molecular weight excluding hydrogens is 1070 g/mol. The number of benzene rings is 6. The van der Waals surface area contributed by atoms with Crippen molar-refractivity contribution in [2.24, 2.45) is 0 Å². The zero-order chi connectivity index (χ0) is 54.7. The second-order valence-electron chi connectivity index (χ2n) is 19.5. The van der Waals surface area contributed by atoms with Gasteiger partial charge >= 0.3 is 34.5 Å². The molecule has 1 aliphatic carbocycles. The Morgan fingerprint density at radius 2 is 1.35 bits per heavy atom. The van der Waals surface area contributed by atoms with Gasteiger partial charge in [0.25, 0.3) is 0 Å². The number of phosphoric acid groups is 1. The molecule has 0 spiro atoms. The van der Waals surface area contributed by atoms with E-state index in [1.54, 1.807) is 107 Å². The minimum absolute atomic E-state index is 0.0137. The van der Waals surface area contributed by atoms with E-state index in [0.29, 0.717) is 35.1 Å². The van der Waals surface area contributed by atoms with Gasteiger partial charge in [0.05, 0.1) is 62.1 Å². The van der Waals surface area contributed by atoms with E-state index in [4.69, 9.17) is 41.8 Å². The van der Waals surface area contributed by atoms with Gasteiger partial charge in [-0.1, -0.05) is 126 Å². The van der Waals surface area contributed by atoms with Crippen molar-refractivity contribution in [1.29, 1.82) is 0 Å². The number of amides is 1. The van der Waals surface area contributed by atoms with E-state index in [2.05, 4.69) is 0 Å². The first-order valence-corrected chi connectivity index (χ1v) is 27.6. The van der Waals surface area contributed by atoms with Crippen molar-refractivity contribution in [3.05, 3.63) is 201 Å². The smallest absolute Gasteiger partial charge is 0.487 e. The van der Waals surface area contributed by atoms with Crippen LogP contribution < -0.4 is 24.7 Å². The number of carboxylic acid groups (broad SMARTS) is 1. The lowest BCUT2D eigenvalue weighted by Crippen LogP contribution is -2.50. The van der Waals surface area contributed by atoms with Crippen LogP contribution in [0.25, 0.3) is 10.9 Å². The molecule has 1 N–H and O–H groups in total. The molecule has 2 unspecified atom stereocenters. The lowest BCUT2D eigenvalue weighted by atomic mass is 10.0. The van der Waals surface area contributed by atoms with Crippen LogP contribution in [0.3, 0.4) is 0 Å². The highest BCUT2D eigenvalue weighted by atomic mass is 31.2.